The van der Waals surface area contributed by atoms with Gasteiger partial charge in [0, 0.05) is 10.5 Å². The smallest absolute Gasteiger partial charge is 0.257 e. The van der Waals surface area contributed by atoms with Gasteiger partial charge in [0.1, 0.15) is 5.82 Å². The van der Waals surface area contributed by atoms with Gasteiger partial charge in [-0.3, -0.25) is 4.79 Å². The Hall–Kier alpha value is -1.66. The van der Waals surface area contributed by atoms with Crippen molar-refractivity contribution in [2.45, 2.75) is 0 Å². The quantitative estimate of drug-likeness (QED) is 0.787. The molecule has 20 heavy (non-hydrogen) atoms. The standard InChI is InChI=1S/C13H8BrClF2N2O/c14-8-4-6(16)5-9(17)12(8)19-13(20)7-2-1-3-10(18)11(7)15/h1-5H,18H2,(H,19,20). The summed E-state index contributed by atoms with van der Waals surface area (Å²) >= 11 is 8.89. The third-order valence-corrected chi connectivity index (χ3v) is 3.57. The van der Waals surface area contributed by atoms with E-state index in [2.05, 4.69) is 21.2 Å². The molecule has 0 saturated carbocycles. The minimum atomic E-state index is -0.898. The van der Waals surface area contributed by atoms with Crippen molar-refractivity contribution in [1.29, 1.82) is 0 Å². The highest BCUT2D eigenvalue weighted by atomic mass is 79.9. The van der Waals surface area contributed by atoms with Crippen LogP contribution in [0.25, 0.3) is 0 Å². The van der Waals surface area contributed by atoms with Crippen LogP contribution in [0.2, 0.25) is 5.02 Å². The average molecular weight is 362 g/mol. The second-order valence-corrected chi connectivity index (χ2v) is 5.14. The lowest BCUT2D eigenvalue weighted by atomic mass is 10.2. The summed E-state index contributed by atoms with van der Waals surface area (Å²) in [7, 11) is 0. The van der Waals surface area contributed by atoms with Gasteiger partial charge in [-0.1, -0.05) is 17.7 Å². The topological polar surface area (TPSA) is 55.1 Å². The molecule has 0 radical (unpaired) electrons. The molecule has 0 fully saturated rings. The number of hydrogen-bond donors (Lipinski definition) is 2. The molecule has 0 aliphatic heterocycles. The summed E-state index contributed by atoms with van der Waals surface area (Å²) in [5, 5.41) is 2.40. The van der Waals surface area contributed by atoms with Crippen LogP contribution in [0.5, 0.6) is 0 Å². The Morgan fingerprint density at radius 3 is 2.65 bits per heavy atom. The van der Waals surface area contributed by atoms with Gasteiger partial charge in [0.2, 0.25) is 0 Å². The third kappa shape index (κ3) is 2.91. The van der Waals surface area contributed by atoms with E-state index >= 15 is 0 Å². The molecule has 0 atom stereocenters. The maximum atomic E-state index is 13.6. The Balaban J connectivity index is 2.36. The van der Waals surface area contributed by atoms with Crippen LogP contribution in [0.15, 0.2) is 34.8 Å². The molecule has 2 aromatic rings. The molecule has 0 bridgehead atoms. The van der Waals surface area contributed by atoms with E-state index in [1.807, 2.05) is 0 Å². The Kier molecular flexibility index (Phi) is 4.25. The molecule has 0 aromatic heterocycles. The monoisotopic (exact) mass is 360 g/mol. The number of nitrogen functional groups attached to an aromatic ring is 1. The largest absolute Gasteiger partial charge is 0.398 e. The number of amides is 1. The van der Waals surface area contributed by atoms with Crippen molar-refractivity contribution in [2.24, 2.45) is 0 Å². The Bertz CT molecular complexity index is 671. The van der Waals surface area contributed by atoms with E-state index in [-0.39, 0.29) is 26.4 Å². The summed E-state index contributed by atoms with van der Waals surface area (Å²) in [4.78, 5) is 12.0. The lowest BCUT2D eigenvalue weighted by molar-refractivity contribution is 0.102. The molecule has 0 spiro atoms. The highest BCUT2D eigenvalue weighted by molar-refractivity contribution is 9.10. The molecule has 2 rings (SSSR count). The van der Waals surface area contributed by atoms with Gasteiger partial charge in [-0.05, 0) is 34.1 Å². The van der Waals surface area contributed by atoms with Crippen LogP contribution in [0.1, 0.15) is 10.4 Å². The van der Waals surface area contributed by atoms with Gasteiger partial charge < -0.3 is 11.1 Å². The van der Waals surface area contributed by atoms with E-state index in [1.54, 1.807) is 6.07 Å². The number of anilines is 2. The molecular weight excluding hydrogens is 354 g/mol. The molecule has 2 aromatic carbocycles. The van der Waals surface area contributed by atoms with Gasteiger partial charge in [-0.25, -0.2) is 8.78 Å². The van der Waals surface area contributed by atoms with Crippen molar-refractivity contribution in [3.05, 3.63) is 57.0 Å². The molecule has 3 N–H and O–H groups in total. The highest BCUT2D eigenvalue weighted by Gasteiger charge is 2.16. The first kappa shape index (κ1) is 14.7. The van der Waals surface area contributed by atoms with Crippen LogP contribution < -0.4 is 11.1 Å². The van der Waals surface area contributed by atoms with Gasteiger partial charge in [0.15, 0.2) is 5.82 Å². The molecule has 3 nitrogen and oxygen atoms in total. The number of halogens is 4. The first-order valence-electron chi connectivity index (χ1n) is 5.40. The number of hydrogen-bond acceptors (Lipinski definition) is 2. The first-order chi connectivity index (χ1) is 9.40. The van der Waals surface area contributed by atoms with E-state index in [0.717, 1.165) is 6.07 Å². The average Bonchev–Trinajstić information content (AvgIpc) is 2.36. The van der Waals surface area contributed by atoms with E-state index in [0.29, 0.717) is 6.07 Å². The van der Waals surface area contributed by atoms with Gasteiger partial charge in [-0.2, -0.15) is 0 Å². The lowest BCUT2D eigenvalue weighted by Crippen LogP contribution is -2.14. The fourth-order valence-electron chi connectivity index (χ4n) is 1.57. The number of carbonyl (C=O) groups excluding carboxylic acids is 1. The summed E-state index contributed by atoms with van der Waals surface area (Å²) < 4.78 is 26.7. The summed E-state index contributed by atoms with van der Waals surface area (Å²) in [6.45, 7) is 0. The number of nitrogens with one attached hydrogen (secondary N) is 1. The van der Waals surface area contributed by atoms with E-state index in [9.17, 15) is 13.6 Å². The molecule has 104 valence electrons. The normalized spacial score (nSPS) is 10.4. The molecule has 0 aliphatic rings. The number of benzene rings is 2. The van der Waals surface area contributed by atoms with Crippen molar-refractivity contribution in [1.82, 2.24) is 0 Å². The minimum absolute atomic E-state index is 0.0728. The fourth-order valence-corrected chi connectivity index (χ4v) is 2.29. The molecule has 7 heteroatoms. The number of rotatable bonds is 2. The predicted octanol–water partition coefficient (Wildman–Crippen LogP) is 4.22. The van der Waals surface area contributed by atoms with Crippen LogP contribution in [0.4, 0.5) is 20.2 Å². The van der Waals surface area contributed by atoms with E-state index < -0.39 is 17.5 Å². The van der Waals surface area contributed by atoms with Crippen LogP contribution in [-0.2, 0) is 0 Å². The SMILES string of the molecule is Nc1cccc(C(=O)Nc2c(F)cc(F)cc2Br)c1Cl. The van der Waals surface area contributed by atoms with Gasteiger partial charge in [0.05, 0.1) is 22.0 Å². The zero-order chi connectivity index (χ0) is 14.9. The van der Waals surface area contributed by atoms with Crippen molar-refractivity contribution in [3.63, 3.8) is 0 Å². The summed E-state index contributed by atoms with van der Waals surface area (Å²) in [6, 6.07) is 6.24. The Morgan fingerprint density at radius 2 is 2.00 bits per heavy atom. The van der Waals surface area contributed by atoms with E-state index in [4.69, 9.17) is 17.3 Å². The summed E-state index contributed by atoms with van der Waals surface area (Å²) in [5.74, 6) is -2.30. The van der Waals surface area contributed by atoms with Crippen molar-refractivity contribution in [2.75, 3.05) is 11.1 Å². The van der Waals surface area contributed by atoms with Gasteiger partial charge in [-0.15, -0.1) is 0 Å². The molecule has 0 unspecified atom stereocenters. The lowest BCUT2D eigenvalue weighted by Gasteiger charge is -2.10. The van der Waals surface area contributed by atoms with Crippen LogP contribution >= 0.6 is 27.5 Å². The van der Waals surface area contributed by atoms with E-state index in [1.165, 1.54) is 12.1 Å². The fraction of sp³-hybridized carbons (Fsp3) is 0. The first-order valence-corrected chi connectivity index (χ1v) is 6.57. The van der Waals surface area contributed by atoms with Crippen molar-refractivity contribution < 1.29 is 13.6 Å². The van der Waals surface area contributed by atoms with Crippen molar-refractivity contribution in [3.8, 4) is 0 Å². The van der Waals surface area contributed by atoms with Crippen LogP contribution in [0, 0.1) is 11.6 Å². The van der Waals surface area contributed by atoms with Crippen LogP contribution in [0.3, 0.4) is 0 Å². The van der Waals surface area contributed by atoms with Gasteiger partial charge in [0.25, 0.3) is 5.91 Å². The van der Waals surface area contributed by atoms with Crippen molar-refractivity contribution >= 4 is 44.8 Å². The number of carbonyl (C=O) groups is 1. The Morgan fingerprint density at radius 1 is 1.30 bits per heavy atom. The second kappa shape index (κ2) is 5.76. The third-order valence-electron chi connectivity index (χ3n) is 2.52. The highest BCUT2D eigenvalue weighted by Crippen LogP contribution is 2.29. The Labute approximate surface area is 126 Å². The molecule has 0 heterocycles. The summed E-state index contributed by atoms with van der Waals surface area (Å²) in [6.07, 6.45) is 0. The minimum Gasteiger partial charge on any atom is -0.398 e. The molecule has 1 amide bonds. The maximum Gasteiger partial charge on any atom is 0.257 e. The number of nitrogens with two attached hydrogens (primary N) is 1. The second-order valence-electron chi connectivity index (χ2n) is 3.91. The summed E-state index contributed by atoms with van der Waals surface area (Å²) in [5.41, 5.74) is 5.75. The van der Waals surface area contributed by atoms with Gasteiger partial charge >= 0.3 is 0 Å². The van der Waals surface area contributed by atoms with Crippen LogP contribution in [-0.4, -0.2) is 5.91 Å². The zero-order valence-electron chi connectivity index (χ0n) is 9.88. The molecule has 0 aliphatic carbocycles. The predicted molar refractivity (Wildman–Crippen MR) is 77.9 cm³/mol. The molecular formula is C13H8BrClF2N2O. The zero-order valence-corrected chi connectivity index (χ0v) is 12.2. The maximum absolute atomic E-state index is 13.6. The molecule has 0 saturated heterocycles.